The van der Waals surface area contributed by atoms with Gasteiger partial charge >= 0.3 is 0 Å². The van der Waals surface area contributed by atoms with Gasteiger partial charge in [0.1, 0.15) is 0 Å². The largest absolute Gasteiger partial charge is 0.0622 e. The lowest BCUT2D eigenvalue weighted by Gasteiger charge is -2.29. The quantitative estimate of drug-likeness (QED) is 0.442. The molecule has 0 nitrogen and oxygen atoms in total. The minimum atomic E-state index is -3.09. The van der Waals surface area contributed by atoms with Gasteiger partial charge < -0.3 is 0 Å². The van der Waals surface area contributed by atoms with Crippen LogP contribution in [0.3, 0.4) is 0 Å². The summed E-state index contributed by atoms with van der Waals surface area (Å²) in [7, 11) is 0. The molecule has 4 rings (SSSR count). The van der Waals surface area contributed by atoms with Crippen LogP contribution in [0.4, 0.5) is 0 Å². The van der Waals surface area contributed by atoms with Gasteiger partial charge in [-0.15, -0.1) is 0 Å². The Labute approximate surface area is 175 Å². The maximum atomic E-state index is 8.72. The predicted octanol–water partition coefficient (Wildman–Crippen LogP) is 7.51. The van der Waals surface area contributed by atoms with Gasteiger partial charge in [0.05, 0.1) is 0 Å². The molecular formula is C27H30. The van der Waals surface area contributed by atoms with Crippen molar-refractivity contribution in [2.75, 3.05) is 0 Å². The molecule has 0 bridgehead atoms. The Morgan fingerprint density at radius 3 is 2.15 bits per heavy atom. The molecule has 0 aromatic heterocycles. The van der Waals surface area contributed by atoms with Gasteiger partial charge in [-0.05, 0) is 82.3 Å². The maximum absolute atomic E-state index is 8.72. The second kappa shape index (κ2) is 7.00. The Hall–Kier alpha value is -2.34. The molecule has 0 atom stereocenters. The van der Waals surface area contributed by atoms with Crippen molar-refractivity contribution >= 4 is 0 Å². The van der Waals surface area contributed by atoms with E-state index in [9.17, 15) is 0 Å². The molecule has 0 N–H and O–H groups in total. The van der Waals surface area contributed by atoms with Crippen molar-refractivity contribution in [3.05, 3.63) is 82.9 Å². The fourth-order valence-electron chi connectivity index (χ4n) is 3.69. The highest BCUT2D eigenvalue weighted by Gasteiger charge is 2.23. The van der Waals surface area contributed by atoms with Crippen LogP contribution in [0, 0.1) is 6.92 Å². The van der Waals surface area contributed by atoms with Gasteiger partial charge in [0, 0.05) is 11.0 Å². The Kier molecular flexibility index (Phi) is 2.81. The second-order valence-electron chi connectivity index (χ2n) is 8.04. The van der Waals surface area contributed by atoms with Gasteiger partial charge in [0.15, 0.2) is 0 Å². The summed E-state index contributed by atoms with van der Waals surface area (Å²) in [6.07, 6.45) is -11.7. The van der Waals surface area contributed by atoms with Crippen molar-refractivity contribution in [1.29, 1.82) is 0 Å². The summed E-state index contributed by atoms with van der Waals surface area (Å²) in [5.41, 5.74) is 4.13. The molecule has 0 amide bonds. The topological polar surface area (TPSA) is 0 Å². The fourth-order valence-corrected chi connectivity index (χ4v) is 3.69. The summed E-state index contributed by atoms with van der Waals surface area (Å²) in [5, 5.41) is 0. The first-order valence-corrected chi connectivity index (χ1v) is 9.31. The van der Waals surface area contributed by atoms with Gasteiger partial charge in [-0.3, -0.25) is 0 Å². The van der Waals surface area contributed by atoms with Crippen molar-refractivity contribution in [3.63, 3.8) is 0 Å². The summed E-state index contributed by atoms with van der Waals surface area (Å²) < 4.78 is 68.4. The van der Waals surface area contributed by atoms with E-state index >= 15 is 0 Å². The van der Waals surface area contributed by atoms with Gasteiger partial charge in [0.2, 0.25) is 0 Å². The summed E-state index contributed by atoms with van der Waals surface area (Å²) in [6.45, 7) is 7.62. The number of hydrogen-bond donors (Lipinski definition) is 0. The molecular weight excluding hydrogens is 324 g/mol. The van der Waals surface area contributed by atoms with E-state index in [0.29, 0.717) is 11.1 Å². The average molecular weight is 363 g/mol. The highest BCUT2D eigenvalue weighted by atomic mass is 14.3. The highest BCUT2D eigenvalue weighted by Crippen LogP contribution is 2.39. The van der Waals surface area contributed by atoms with Gasteiger partial charge in [-0.2, -0.15) is 0 Å². The van der Waals surface area contributed by atoms with Crippen LogP contribution < -0.4 is 0 Å². The van der Waals surface area contributed by atoms with Crippen LogP contribution in [-0.2, 0) is 18.2 Å². The number of hydrogen-bond acceptors (Lipinski definition) is 0. The second-order valence-corrected chi connectivity index (χ2v) is 8.04. The number of rotatable bonds is 2. The molecule has 27 heavy (non-hydrogen) atoms. The van der Waals surface area contributed by atoms with Crippen molar-refractivity contribution in [3.8, 4) is 22.3 Å². The molecule has 0 saturated heterocycles. The summed E-state index contributed by atoms with van der Waals surface area (Å²) in [5.74, 6) is 0. The molecule has 3 aromatic rings. The number of benzene rings is 3. The van der Waals surface area contributed by atoms with Crippen LogP contribution in [0.25, 0.3) is 22.3 Å². The lowest BCUT2D eigenvalue weighted by molar-refractivity contribution is 0.568. The van der Waals surface area contributed by atoms with Gasteiger partial charge in [-0.25, -0.2) is 0 Å². The monoisotopic (exact) mass is 362 g/mol. The fraction of sp³-hybridized carbons (Fsp3) is 0.333. The highest BCUT2D eigenvalue weighted by molar-refractivity contribution is 5.79. The smallest absolute Gasteiger partial charge is 0.0316 e. The van der Waals surface area contributed by atoms with Crippen molar-refractivity contribution in [2.45, 2.75) is 58.6 Å². The van der Waals surface area contributed by atoms with Crippen molar-refractivity contribution < 1.29 is 11.0 Å². The van der Waals surface area contributed by atoms with Crippen LogP contribution in [0.5, 0.6) is 0 Å². The molecule has 1 aliphatic carbocycles. The Morgan fingerprint density at radius 2 is 1.44 bits per heavy atom. The molecule has 0 heterocycles. The Balaban J connectivity index is 2.09. The molecule has 0 radical (unpaired) electrons. The summed E-state index contributed by atoms with van der Waals surface area (Å²) in [6, 6.07) is 19.1. The molecule has 0 aliphatic heterocycles. The number of fused-ring (bicyclic) bond motifs is 1. The van der Waals surface area contributed by atoms with Crippen molar-refractivity contribution in [1.82, 2.24) is 0 Å². The maximum Gasteiger partial charge on any atom is 0.0316 e. The van der Waals surface area contributed by atoms with Gasteiger partial charge in [0.25, 0.3) is 0 Å². The minimum absolute atomic E-state index is 0.0873. The van der Waals surface area contributed by atoms with Crippen LogP contribution in [0.1, 0.15) is 66.7 Å². The van der Waals surface area contributed by atoms with Crippen LogP contribution in [-0.4, -0.2) is 0 Å². The zero-order valence-corrected chi connectivity index (χ0v) is 16.3. The minimum Gasteiger partial charge on any atom is -0.0622 e. The zero-order chi connectivity index (χ0) is 26.2. The molecule has 0 heteroatoms. The van der Waals surface area contributed by atoms with Crippen LogP contribution in [0.2, 0.25) is 0 Å². The zero-order valence-electron chi connectivity index (χ0n) is 24.3. The molecule has 3 aromatic carbocycles. The third-order valence-electron chi connectivity index (χ3n) is 5.12. The molecule has 0 saturated carbocycles. The van der Waals surface area contributed by atoms with E-state index in [0.717, 1.165) is 22.3 Å². The number of aryl methyl sites for hydroxylation is 1. The molecule has 0 unspecified atom stereocenters. The van der Waals surface area contributed by atoms with Crippen molar-refractivity contribution in [2.24, 2.45) is 0 Å². The van der Waals surface area contributed by atoms with Gasteiger partial charge in [-0.1, -0.05) is 81.4 Å². The molecule has 1 aliphatic rings. The summed E-state index contributed by atoms with van der Waals surface area (Å²) >= 11 is 0. The Morgan fingerprint density at radius 1 is 0.778 bits per heavy atom. The van der Waals surface area contributed by atoms with Crippen LogP contribution in [0.15, 0.2) is 60.7 Å². The van der Waals surface area contributed by atoms with E-state index in [2.05, 4.69) is 0 Å². The predicted molar refractivity (Wildman–Crippen MR) is 117 cm³/mol. The van der Waals surface area contributed by atoms with Crippen LogP contribution >= 0.6 is 0 Å². The average Bonchev–Trinajstić information content (AvgIpc) is 2.77. The summed E-state index contributed by atoms with van der Waals surface area (Å²) in [4.78, 5) is 0. The van der Waals surface area contributed by atoms with E-state index in [1.54, 1.807) is 0 Å². The van der Waals surface area contributed by atoms with E-state index in [1.807, 2.05) is 82.3 Å². The standard InChI is InChI=1S/C27H30/c1-19-23(20-11-6-5-7-12-20)15-10-16-24(19)22-17-21-13-8-9-14-25(21)26(18-22)27(2,3)4/h5-7,10-12,15-18H,8-9,13-14H2,1-4H3/i8D2,9D2,13D2,14D2. The van der Waals surface area contributed by atoms with E-state index < -0.39 is 30.9 Å². The first-order valence-electron chi connectivity index (χ1n) is 13.3. The third-order valence-corrected chi connectivity index (χ3v) is 5.12. The van der Waals surface area contributed by atoms with E-state index in [4.69, 9.17) is 11.0 Å². The molecule has 0 spiro atoms. The SMILES string of the molecule is [2H]C1([2H])c2cc(-c3cccc(-c4ccccc4)c3C)cc(C(C)(C)C)c2C([2H])([2H])C([2H])([2H])C1([2H])[2H]. The lowest BCUT2D eigenvalue weighted by atomic mass is 9.76. The Bertz CT molecular complexity index is 1280. The van der Waals surface area contributed by atoms with E-state index in [1.165, 1.54) is 6.07 Å². The molecule has 138 valence electrons. The normalized spacial score (nSPS) is 25.9. The lowest BCUT2D eigenvalue weighted by Crippen LogP contribution is -2.18. The third kappa shape index (κ3) is 3.46. The first-order chi connectivity index (χ1) is 16.0. The van der Waals surface area contributed by atoms with E-state index in [-0.39, 0.29) is 11.1 Å². The molecule has 0 fully saturated rings. The first kappa shape index (κ1) is 10.9.